The Bertz CT molecular complexity index is 28.9. The van der Waals surface area contributed by atoms with Crippen LogP contribution in [0.1, 0.15) is 0 Å². The van der Waals surface area contributed by atoms with Crippen molar-refractivity contribution in [2.75, 3.05) is 6.61 Å². The summed E-state index contributed by atoms with van der Waals surface area (Å²) >= 11 is 1.49. The average molecular weight is 231 g/mol. The molecule has 0 aliphatic carbocycles. The molecule has 1 nitrogen and oxygen atoms in total. The van der Waals surface area contributed by atoms with E-state index in [1.807, 2.05) is 0 Å². The van der Waals surface area contributed by atoms with Gasteiger partial charge in [-0.25, -0.2) is 0 Å². The minimum atomic E-state index is 0.377. The average Bonchev–Trinajstić information content (AvgIpc) is 1.69. The van der Waals surface area contributed by atoms with E-state index in [1.165, 1.54) is 0 Å². The molecule has 0 aromatic carbocycles. The standard InChI is InChI=1S/C4H9OSe2/c1-2-6-7-4-3-5/h5H,1-4H2. The predicted molar refractivity (Wildman–Crippen MR) is 33.6 cm³/mol. The van der Waals surface area contributed by atoms with Crippen LogP contribution in [-0.2, 0) is 0 Å². The van der Waals surface area contributed by atoms with E-state index in [4.69, 9.17) is 5.11 Å². The van der Waals surface area contributed by atoms with Crippen LogP contribution in [-0.4, -0.2) is 38.0 Å². The molecule has 0 aliphatic rings. The first-order valence-electron chi connectivity index (χ1n) is 2.06. The van der Waals surface area contributed by atoms with Crippen LogP contribution in [0.4, 0.5) is 0 Å². The van der Waals surface area contributed by atoms with Crippen molar-refractivity contribution in [3.05, 3.63) is 6.92 Å². The summed E-state index contributed by atoms with van der Waals surface area (Å²) in [6.45, 7) is 4.10. The quantitative estimate of drug-likeness (QED) is 0.532. The fourth-order valence-corrected chi connectivity index (χ4v) is 4.19. The van der Waals surface area contributed by atoms with Crippen molar-refractivity contribution in [2.24, 2.45) is 0 Å². The first kappa shape index (κ1) is 8.00. The first-order valence-corrected chi connectivity index (χ1v) is 8.82. The maximum absolute atomic E-state index is 8.30. The molecule has 0 saturated heterocycles. The fourth-order valence-electron chi connectivity index (χ4n) is 0.155. The number of aliphatic hydroxyl groups excluding tert-OH is 1. The normalized spacial score (nSPS) is 9.43. The molecule has 0 amide bonds. The van der Waals surface area contributed by atoms with E-state index in [0.717, 1.165) is 36.9 Å². The van der Waals surface area contributed by atoms with E-state index < -0.39 is 0 Å². The summed E-state index contributed by atoms with van der Waals surface area (Å²) in [7, 11) is 0. The van der Waals surface area contributed by atoms with Crippen molar-refractivity contribution in [2.45, 2.75) is 10.6 Å². The Morgan fingerprint density at radius 1 is 1.43 bits per heavy atom. The third-order valence-corrected chi connectivity index (χ3v) is 7.22. The number of hydrogen-bond acceptors (Lipinski definition) is 1. The summed E-state index contributed by atoms with van der Waals surface area (Å²) < 4.78 is 0. The molecule has 0 aromatic rings. The topological polar surface area (TPSA) is 20.2 Å². The first-order chi connectivity index (χ1) is 3.41. The van der Waals surface area contributed by atoms with E-state index in [-0.39, 0.29) is 0 Å². The molecule has 1 radical (unpaired) electrons. The van der Waals surface area contributed by atoms with E-state index in [0.29, 0.717) is 6.61 Å². The summed E-state index contributed by atoms with van der Waals surface area (Å²) in [4.78, 5) is 0. The van der Waals surface area contributed by atoms with Gasteiger partial charge in [0.2, 0.25) is 0 Å². The molecule has 0 aliphatic heterocycles. The second-order valence-electron chi connectivity index (χ2n) is 0.868. The Hall–Kier alpha value is 0.999. The van der Waals surface area contributed by atoms with Gasteiger partial charge in [0.15, 0.2) is 0 Å². The molecule has 0 spiro atoms. The van der Waals surface area contributed by atoms with Gasteiger partial charge in [-0.3, -0.25) is 0 Å². The van der Waals surface area contributed by atoms with Gasteiger partial charge >= 0.3 is 55.5 Å². The zero-order valence-electron chi connectivity index (χ0n) is 4.09. The molecular weight excluding hydrogens is 222 g/mol. The zero-order valence-corrected chi connectivity index (χ0v) is 7.52. The van der Waals surface area contributed by atoms with Gasteiger partial charge in [0.25, 0.3) is 0 Å². The molecule has 0 heterocycles. The third kappa shape index (κ3) is 7.00. The van der Waals surface area contributed by atoms with Crippen LogP contribution < -0.4 is 0 Å². The predicted octanol–water partition coefficient (Wildman–Crippen LogP) is -0.0272. The summed E-state index contributed by atoms with van der Waals surface area (Å²) in [6.07, 6.45) is 0. The van der Waals surface area contributed by atoms with Crippen molar-refractivity contribution in [1.82, 2.24) is 0 Å². The number of hydrogen-bond donors (Lipinski definition) is 1. The van der Waals surface area contributed by atoms with Gasteiger partial charge in [-0.2, -0.15) is 0 Å². The van der Waals surface area contributed by atoms with Crippen molar-refractivity contribution in [1.29, 1.82) is 0 Å². The van der Waals surface area contributed by atoms with Gasteiger partial charge in [-0.05, 0) is 0 Å². The van der Waals surface area contributed by atoms with Crippen LogP contribution in [0.5, 0.6) is 0 Å². The summed E-state index contributed by atoms with van der Waals surface area (Å²) in [6, 6.07) is 0. The zero-order chi connectivity index (χ0) is 5.54. The second-order valence-corrected chi connectivity index (χ2v) is 8.71. The molecule has 0 aromatic heterocycles. The van der Waals surface area contributed by atoms with E-state index in [2.05, 4.69) is 6.92 Å². The van der Waals surface area contributed by atoms with Gasteiger partial charge in [0.1, 0.15) is 0 Å². The monoisotopic (exact) mass is 233 g/mol. The van der Waals surface area contributed by atoms with E-state index in [9.17, 15) is 0 Å². The van der Waals surface area contributed by atoms with Gasteiger partial charge in [-0.15, -0.1) is 0 Å². The molecule has 7 heavy (non-hydrogen) atoms. The third-order valence-electron chi connectivity index (χ3n) is 0.341. The molecule has 3 heteroatoms. The maximum atomic E-state index is 8.30. The Morgan fingerprint density at radius 2 is 2.14 bits per heavy atom. The van der Waals surface area contributed by atoms with E-state index >= 15 is 0 Å². The molecule has 1 N–H and O–H groups in total. The second kappa shape index (κ2) is 7.00. The molecule has 0 fully saturated rings. The summed E-state index contributed by atoms with van der Waals surface area (Å²) in [5, 5.41) is 10.4. The van der Waals surface area contributed by atoms with Crippen molar-refractivity contribution in [3.8, 4) is 0 Å². The number of aliphatic hydroxyl groups is 1. The Morgan fingerprint density at radius 3 is 2.57 bits per heavy atom. The molecule has 43 valence electrons. The molecule has 0 atom stereocenters. The molecular formula is C4H9OSe2. The summed E-state index contributed by atoms with van der Waals surface area (Å²) in [5.74, 6) is 0. The minimum absolute atomic E-state index is 0.377. The van der Waals surface area contributed by atoms with Crippen LogP contribution >= 0.6 is 0 Å². The number of rotatable bonds is 4. The van der Waals surface area contributed by atoms with E-state index in [1.54, 1.807) is 0 Å². The van der Waals surface area contributed by atoms with Crippen LogP contribution in [0.25, 0.3) is 0 Å². The molecule has 0 saturated carbocycles. The summed E-state index contributed by atoms with van der Waals surface area (Å²) in [5.41, 5.74) is 0. The molecule has 0 rings (SSSR count). The van der Waals surface area contributed by atoms with Gasteiger partial charge in [0.05, 0.1) is 0 Å². The van der Waals surface area contributed by atoms with Crippen molar-refractivity contribution in [3.63, 3.8) is 0 Å². The Labute approximate surface area is 55.7 Å². The van der Waals surface area contributed by atoms with Gasteiger partial charge < -0.3 is 0 Å². The van der Waals surface area contributed by atoms with Gasteiger partial charge in [-0.1, -0.05) is 0 Å². The molecule has 0 unspecified atom stereocenters. The van der Waals surface area contributed by atoms with Crippen LogP contribution in [0, 0.1) is 6.92 Å². The Balaban J connectivity index is 2.45. The van der Waals surface area contributed by atoms with Crippen molar-refractivity contribution < 1.29 is 5.11 Å². The van der Waals surface area contributed by atoms with Crippen LogP contribution in [0.2, 0.25) is 10.6 Å². The van der Waals surface area contributed by atoms with Gasteiger partial charge in [0, 0.05) is 0 Å². The van der Waals surface area contributed by atoms with Crippen LogP contribution in [0.3, 0.4) is 0 Å². The fraction of sp³-hybridized carbons (Fsp3) is 0.750. The molecule has 0 bridgehead atoms. The Kier molecular flexibility index (Phi) is 8.00. The van der Waals surface area contributed by atoms with Crippen molar-refractivity contribution >= 4 is 26.3 Å². The van der Waals surface area contributed by atoms with Crippen LogP contribution in [0.15, 0.2) is 0 Å². The SMILES string of the molecule is [CH2]C[Se][Se]CCO.